The third-order valence-electron chi connectivity index (χ3n) is 4.87. The zero-order valence-electron chi connectivity index (χ0n) is 14.4. The lowest BCUT2D eigenvalue weighted by Gasteiger charge is -2.34. The van der Waals surface area contributed by atoms with Gasteiger partial charge < -0.3 is 14.7 Å². The van der Waals surface area contributed by atoms with Gasteiger partial charge in [-0.2, -0.15) is 0 Å². The van der Waals surface area contributed by atoms with E-state index in [1.165, 1.54) is 0 Å². The molecule has 1 aliphatic heterocycles. The summed E-state index contributed by atoms with van der Waals surface area (Å²) in [5.74, 6) is 3.22. The molecule has 6 nitrogen and oxygen atoms in total. The molecule has 0 N–H and O–H groups in total. The van der Waals surface area contributed by atoms with Crippen LogP contribution in [0.1, 0.15) is 25.7 Å². The molecule has 126 valence electrons. The minimum atomic E-state index is 0.325. The fourth-order valence-corrected chi connectivity index (χ4v) is 3.22. The highest BCUT2D eigenvalue weighted by Crippen LogP contribution is 2.31. The third-order valence-corrected chi connectivity index (χ3v) is 4.87. The highest BCUT2D eigenvalue weighted by Gasteiger charge is 2.33. The molecule has 1 aromatic heterocycles. The number of nitrogens with zero attached hydrogens (tertiary/aromatic N) is 5. The number of hydrogen-bond donors (Lipinski definition) is 0. The maximum absolute atomic E-state index is 12.1. The van der Waals surface area contributed by atoms with Gasteiger partial charge in [0.25, 0.3) is 0 Å². The van der Waals surface area contributed by atoms with Crippen LogP contribution < -0.4 is 9.80 Å². The highest BCUT2D eigenvalue weighted by molar-refractivity contribution is 5.80. The summed E-state index contributed by atoms with van der Waals surface area (Å²) in [5.41, 5.74) is 0. The minimum absolute atomic E-state index is 0.325. The summed E-state index contributed by atoms with van der Waals surface area (Å²) >= 11 is 0. The molecular formula is C17H27N5O. The molecule has 0 bridgehead atoms. The largest absolute Gasteiger partial charge is 0.363 e. The molecule has 3 rings (SSSR count). The summed E-state index contributed by atoms with van der Waals surface area (Å²) in [6.07, 6.45) is 6.04. The summed E-state index contributed by atoms with van der Waals surface area (Å²) in [6, 6.07) is 2.04. The van der Waals surface area contributed by atoms with E-state index in [9.17, 15) is 4.79 Å². The average Bonchev–Trinajstić information content (AvgIpc) is 3.40. The van der Waals surface area contributed by atoms with E-state index in [-0.39, 0.29) is 0 Å². The molecule has 23 heavy (non-hydrogen) atoms. The van der Waals surface area contributed by atoms with E-state index in [1.807, 2.05) is 37.0 Å². The first kappa shape index (κ1) is 16.0. The van der Waals surface area contributed by atoms with Gasteiger partial charge in [-0.3, -0.25) is 4.79 Å². The smallest absolute Gasteiger partial charge is 0.225 e. The van der Waals surface area contributed by atoms with Crippen molar-refractivity contribution in [3.05, 3.63) is 12.4 Å². The lowest BCUT2D eigenvalue weighted by Crippen LogP contribution is -2.40. The van der Waals surface area contributed by atoms with E-state index in [1.54, 1.807) is 6.33 Å². The maximum atomic E-state index is 12.1. The van der Waals surface area contributed by atoms with Crippen LogP contribution in [0.5, 0.6) is 0 Å². The Morgan fingerprint density at radius 1 is 1.17 bits per heavy atom. The van der Waals surface area contributed by atoms with Crippen LogP contribution in [-0.2, 0) is 4.79 Å². The van der Waals surface area contributed by atoms with Crippen molar-refractivity contribution >= 4 is 17.5 Å². The molecule has 0 atom stereocenters. The molecule has 0 spiro atoms. The summed E-state index contributed by atoms with van der Waals surface area (Å²) in [5, 5.41) is 0. The maximum Gasteiger partial charge on any atom is 0.225 e. The second-order valence-corrected chi connectivity index (χ2v) is 7.05. The number of carbonyl (C=O) groups is 1. The van der Waals surface area contributed by atoms with Crippen molar-refractivity contribution in [3.8, 4) is 0 Å². The van der Waals surface area contributed by atoms with Gasteiger partial charge in [0.1, 0.15) is 18.0 Å². The second kappa shape index (κ2) is 6.72. The van der Waals surface area contributed by atoms with Gasteiger partial charge in [0, 0.05) is 52.8 Å². The van der Waals surface area contributed by atoms with E-state index < -0.39 is 0 Å². The number of anilines is 2. The van der Waals surface area contributed by atoms with Crippen molar-refractivity contribution in [1.82, 2.24) is 14.9 Å². The van der Waals surface area contributed by atoms with E-state index in [2.05, 4.69) is 14.9 Å². The van der Waals surface area contributed by atoms with Gasteiger partial charge in [-0.15, -0.1) is 0 Å². The number of amides is 1. The molecule has 2 fully saturated rings. The first-order valence-electron chi connectivity index (χ1n) is 8.54. The predicted molar refractivity (Wildman–Crippen MR) is 91.7 cm³/mol. The van der Waals surface area contributed by atoms with Gasteiger partial charge in [-0.1, -0.05) is 0 Å². The molecule has 2 heterocycles. The molecule has 0 aromatic carbocycles. The Kier molecular flexibility index (Phi) is 4.68. The fourth-order valence-electron chi connectivity index (χ4n) is 3.22. The monoisotopic (exact) mass is 317 g/mol. The van der Waals surface area contributed by atoms with Crippen LogP contribution in [0.3, 0.4) is 0 Å². The van der Waals surface area contributed by atoms with Gasteiger partial charge in [-0.25, -0.2) is 9.97 Å². The van der Waals surface area contributed by atoms with Crippen LogP contribution >= 0.6 is 0 Å². The van der Waals surface area contributed by atoms with Gasteiger partial charge in [0.2, 0.25) is 5.91 Å². The van der Waals surface area contributed by atoms with Gasteiger partial charge in [0.15, 0.2) is 0 Å². The van der Waals surface area contributed by atoms with Crippen LogP contribution in [0.15, 0.2) is 12.4 Å². The van der Waals surface area contributed by atoms with Crippen molar-refractivity contribution in [1.29, 1.82) is 0 Å². The van der Waals surface area contributed by atoms with Gasteiger partial charge in [-0.05, 0) is 31.6 Å². The van der Waals surface area contributed by atoms with E-state index in [0.29, 0.717) is 17.7 Å². The summed E-state index contributed by atoms with van der Waals surface area (Å²) in [7, 11) is 5.94. The van der Waals surface area contributed by atoms with Gasteiger partial charge >= 0.3 is 0 Å². The Morgan fingerprint density at radius 2 is 1.87 bits per heavy atom. The lowest BCUT2D eigenvalue weighted by molar-refractivity contribution is -0.131. The Balaban J connectivity index is 1.52. The van der Waals surface area contributed by atoms with Crippen LogP contribution in [-0.4, -0.2) is 61.6 Å². The first-order valence-corrected chi connectivity index (χ1v) is 8.54. The molecular weight excluding hydrogens is 290 g/mol. The normalized spacial score (nSPS) is 18.8. The van der Waals surface area contributed by atoms with Gasteiger partial charge in [0.05, 0.1) is 0 Å². The predicted octanol–water partition coefficient (Wildman–Crippen LogP) is 1.63. The van der Waals surface area contributed by atoms with Crippen molar-refractivity contribution in [2.75, 3.05) is 50.6 Å². The average molecular weight is 317 g/mol. The van der Waals surface area contributed by atoms with Crippen LogP contribution in [0.25, 0.3) is 0 Å². The summed E-state index contributed by atoms with van der Waals surface area (Å²) in [6.45, 7) is 2.90. The Bertz CT molecular complexity index is 550. The molecule has 1 saturated heterocycles. The van der Waals surface area contributed by atoms with Crippen LogP contribution in [0.2, 0.25) is 0 Å². The first-order chi connectivity index (χ1) is 11.0. The Labute approximate surface area is 138 Å². The summed E-state index contributed by atoms with van der Waals surface area (Å²) < 4.78 is 0. The number of hydrogen-bond acceptors (Lipinski definition) is 5. The van der Waals surface area contributed by atoms with Crippen molar-refractivity contribution in [2.24, 2.45) is 11.8 Å². The van der Waals surface area contributed by atoms with E-state index in [0.717, 1.165) is 57.0 Å². The fraction of sp³-hybridized carbons (Fsp3) is 0.706. The van der Waals surface area contributed by atoms with Crippen molar-refractivity contribution in [3.63, 3.8) is 0 Å². The van der Waals surface area contributed by atoms with Crippen molar-refractivity contribution < 1.29 is 4.79 Å². The summed E-state index contributed by atoms with van der Waals surface area (Å²) in [4.78, 5) is 27.0. The van der Waals surface area contributed by atoms with E-state index in [4.69, 9.17) is 0 Å². The van der Waals surface area contributed by atoms with Crippen LogP contribution in [0, 0.1) is 11.8 Å². The quantitative estimate of drug-likeness (QED) is 0.826. The molecule has 2 aliphatic rings. The zero-order chi connectivity index (χ0) is 16.4. The molecule has 0 unspecified atom stereocenters. The highest BCUT2D eigenvalue weighted by atomic mass is 16.2. The SMILES string of the molecule is CN(CC1CCN(c2cc(N(C)C)ncn2)CC1)C(=O)C1CC1. The molecule has 6 heteroatoms. The lowest BCUT2D eigenvalue weighted by atomic mass is 9.96. The van der Waals surface area contributed by atoms with Crippen molar-refractivity contribution in [2.45, 2.75) is 25.7 Å². The number of carbonyl (C=O) groups excluding carboxylic acids is 1. The molecule has 1 aromatic rings. The number of piperidine rings is 1. The number of aromatic nitrogens is 2. The zero-order valence-corrected chi connectivity index (χ0v) is 14.4. The molecule has 1 aliphatic carbocycles. The topological polar surface area (TPSA) is 52.6 Å². The molecule has 0 radical (unpaired) electrons. The molecule has 1 saturated carbocycles. The van der Waals surface area contributed by atoms with E-state index >= 15 is 0 Å². The minimum Gasteiger partial charge on any atom is -0.363 e. The number of rotatable bonds is 5. The second-order valence-electron chi connectivity index (χ2n) is 7.05. The van der Waals surface area contributed by atoms with Crippen LogP contribution in [0.4, 0.5) is 11.6 Å². The Morgan fingerprint density at radius 3 is 2.48 bits per heavy atom. The molecule has 1 amide bonds. The third kappa shape index (κ3) is 3.92. The Hall–Kier alpha value is -1.85. The standard InChI is InChI=1S/C17H27N5O/c1-20(2)15-10-16(19-12-18-15)22-8-6-13(7-9-22)11-21(3)17(23)14-4-5-14/h10,12-14H,4-9,11H2,1-3H3.